The first-order chi connectivity index (χ1) is 5.60. The van der Waals surface area contributed by atoms with E-state index in [-0.39, 0.29) is 11.9 Å². The maximum absolute atomic E-state index is 10.8. The van der Waals surface area contributed by atoms with E-state index in [0.29, 0.717) is 17.9 Å². The lowest BCUT2D eigenvalue weighted by molar-refractivity contribution is -0.141. The zero-order chi connectivity index (χ0) is 9.56. The van der Waals surface area contributed by atoms with Gasteiger partial charge in [0.25, 0.3) is 0 Å². The minimum atomic E-state index is -0.207. The Bertz CT molecular complexity index is 150. The third-order valence-corrected chi connectivity index (χ3v) is 1.82. The summed E-state index contributed by atoms with van der Waals surface area (Å²) < 4.78 is 9.33. The summed E-state index contributed by atoms with van der Waals surface area (Å²) in [5.41, 5.74) is 0. The summed E-state index contributed by atoms with van der Waals surface area (Å²) >= 11 is 4.85. The molecule has 0 spiro atoms. The van der Waals surface area contributed by atoms with E-state index in [4.69, 9.17) is 17.0 Å². The molecule has 12 heavy (non-hydrogen) atoms. The van der Waals surface area contributed by atoms with Crippen LogP contribution in [-0.2, 0) is 14.3 Å². The molecule has 0 saturated heterocycles. The van der Waals surface area contributed by atoms with Crippen LogP contribution in [0.25, 0.3) is 0 Å². The molecule has 70 valence electrons. The van der Waals surface area contributed by atoms with Crippen molar-refractivity contribution in [2.45, 2.75) is 19.8 Å². The van der Waals surface area contributed by atoms with Crippen molar-refractivity contribution in [3.05, 3.63) is 0 Å². The average Bonchev–Trinajstić information content (AvgIpc) is 2.03. The highest BCUT2D eigenvalue weighted by atomic mass is 32.1. The van der Waals surface area contributed by atoms with E-state index in [9.17, 15) is 4.79 Å². The van der Waals surface area contributed by atoms with Crippen molar-refractivity contribution in [1.82, 2.24) is 0 Å². The van der Waals surface area contributed by atoms with E-state index in [1.807, 2.05) is 6.92 Å². The Balaban J connectivity index is 3.66. The van der Waals surface area contributed by atoms with Gasteiger partial charge in [0.05, 0.1) is 14.2 Å². The third kappa shape index (κ3) is 5.07. The zero-order valence-corrected chi connectivity index (χ0v) is 8.44. The Kier molecular flexibility index (Phi) is 5.62. The predicted octanol–water partition coefficient (Wildman–Crippen LogP) is 1.55. The molecule has 1 unspecified atom stereocenters. The first-order valence-corrected chi connectivity index (χ1v) is 4.14. The fourth-order valence-electron chi connectivity index (χ4n) is 0.808. The largest absolute Gasteiger partial charge is 0.490 e. The van der Waals surface area contributed by atoms with Crippen LogP contribution in [0.1, 0.15) is 19.8 Å². The second-order valence-electron chi connectivity index (χ2n) is 2.67. The smallest absolute Gasteiger partial charge is 0.305 e. The number of hydrogen-bond acceptors (Lipinski definition) is 4. The van der Waals surface area contributed by atoms with Crippen molar-refractivity contribution in [3.8, 4) is 0 Å². The number of methoxy groups -OCH3 is 2. The maximum Gasteiger partial charge on any atom is 0.305 e. The summed E-state index contributed by atoms with van der Waals surface area (Å²) in [5.74, 6) is -0.0219. The van der Waals surface area contributed by atoms with Gasteiger partial charge in [0.1, 0.15) is 0 Å². The number of hydrogen-bond donors (Lipinski definition) is 0. The molecule has 0 rings (SSSR count). The number of thiocarbonyl (C=S) groups is 1. The molecule has 0 aromatic rings. The Labute approximate surface area is 78.0 Å². The second kappa shape index (κ2) is 5.94. The Morgan fingerprint density at radius 3 is 2.33 bits per heavy atom. The summed E-state index contributed by atoms with van der Waals surface area (Å²) in [4.78, 5) is 10.8. The highest BCUT2D eigenvalue weighted by Crippen LogP contribution is 2.09. The van der Waals surface area contributed by atoms with E-state index in [2.05, 4.69) is 4.74 Å². The molecule has 4 heteroatoms. The molecule has 0 aromatic heterocycles. The Morgan fingerprint density at radius 2 is 1.92 bits per heavy atom. The van der Waals surface area contributed by atoms with Crippen LogP contribution in [0.2, 0.25) is 0 Å². The maximum atomic E-state index is 10.8. The summed E-state index contributed by atoms with van der Waals surface area (Å²) in [7, 11) is 2.91. The minimum absolute atomic E-state index is 0.185. The number of carbonyl (C=O) groups is 1. The Hall–Kier alpha value is -0.640. The molecular weight excluding hydrogens is 176 g/mol. The molecule has 0 fully saturated rings. The van der Waals surface area contributed by atoms with E-state index in [1.54, 1.807) is 0 Å². The molecular formula is C8H14O3S. The summed E-state index contributed by atoms with van der Waals surface area (Å²) in [5, 5.41) is 0.534. The minimum Gasteiger partial charge on any atom is -0.490 e. The van der Waals surface area contributed by atoms with Gasteiger partial charge >= 0.3 is 5.97 Å². The van der Waals surface area contributed by atoms with Crippen LogP contribution >= 0.6 is 12.2 Å². The van der Waals surface area contributed by atoms with Crippen LogP contribution in [0.15, 0.2) is 0 Å². The zero-order valence-electron chi connectivity index (χ0n) is 7.62. The van der Waals surface area contributed by atoms with E-state index in [0.717, 1.165) is 0 Å². The van der Waals surface area contributed by atoms with Crippen molar-refractivity contribution in [2.75, 3.05) is 14.2 Å². The molecule has 0 radical (unpaired) electrons. The highest BCUT2D eigenvalue weighted by molar-refractivity contribution is 7.80. The van der Waals surface area contributed by atoms with Gasteiger partial charge in [-0.05, 0) is 18.1 Å². The fraction of sp³-hybridized carbons (Fsp3) is 0.750. The van der Waals surface area contributed by atoms with Crippen molar-refractivity contribution < 1.29 is 14.3 Å². The highest BCUT2D eigenvalue weighted by Gasteiger charge is 2.11. The van der Waals surface area contributed by atoms with E-state index < -0.39 is 0 Å². The van der Waals surface area contributed by atoms with Crippen molar-refractivity contribution in [1.29, 1.82) is 0 Å². The SMILES string of the molecule is COC(=O)CC(C)CC(=S)OC. The molecule has 3 nitrogen and oxygen atoms in total. The molecule has 0 aliphatic carbocycles. The number of esters is 1. The van der Waals surface area contributed by atoms with E-state index >= 15 is 0 Å². The lowest BCUT2D eigenvalue weighted by Crippen LogP contribution is -2.11. The van der Waals surface area contributed by atoms with Gasteiger partial charge in [-0.3, -0.25) is 4.79 Å². The second-order valence-corrected chi connectivity index (χ2v) is 3.12. The van der Waals surface area contributed by atoms with Crippen LogP contribution in [0.4, 0.5) is 0 Å². The summed E-state index contributed by atoms with van der Waals surface area (Å²) in [6, 6.07) is 0. The lowest BCUT2D eigenvalue weighted by Gasteiger charge is -2.09. The third-order valence-electron chi connectivity index (χ3n) is 1.49. The molecule has 1 atom stereocenters. The molecule has 0 aromatic carbocycles. The average molecular weight is 190 g/mol. The monoisotopic (exact) mass is 190 g/mol. The van der Waals surface area contributed by atoms with Gasteiger partial charge in [-0.2, -0.15) is 0 Å². The van der Waals surface area contributed by atoms with Gasteiger partial charge in [0, 0.05) is 12.8 Å². The van der Waals surface area contributed by atoms with Crippen LogP contribution < -0.4 is 0 Å². The van der Waals surface area contributed by atoms with Crippen LogP contribution in [0.5, 0.6) is 0 Å². The topological polar surface area (TPSA) is 35.5 Å². The summed E-state index contributed by atoms with van der Waals surface area (Å²) in [6.07, 6.45) is 1.01. The summed E-state index contributed by atoms with van der Waals surface area (Å²) in [6.45, 7) is 1.93. The van der Waals surface area contributed by atoms with Gasteiger partial charge in [0.15, 0.2) is 5.05 Å². The van der Waals surface area contributed by atoms with Crippen molar-refractivity contribution >= 4 is 23.2 Å². The Morgan fingerprint density at radius 1 is 1.33 bits per heavy atom. The van der Waals surface area contributed by atoms with Gasteiger partial charge in [0.2, 0.25) is 0 Å². The van der Waals surface area contributed by atoms with Gasteiger partial charge < -0.3 is 9.47 Å². The fourth-order valence-corrected chi connectivity index (χ4v) is 1.09. The van der Waals surface area contributed by atoms with E-state index in [1.165, 1.54) is 14.2 Å². The number of ether oxygens (including phenoxy) is 2. The number of rotatable bonds is 4. The van der Waals surface area contributed by atoms with Gasteiger partial charge in [-0.15, -0.1) is 0 Å². The van der Waals surface area contributed by atoms with Crippen LogP contribution in [0, 0.1) is 5.92 Å². The first kappa shape index (κ1) is 11.4. The molecule has 0 bridgehead atoms. The molecule has 0 amide bonds. The molecule has 0 aliphatic heterocycles. The van der Waals surface area contributed by atoms with Gasteiger partial charge in [-0.25, -0.2) is 0 Å². The van der Waals surface area contributed by atoms with Crippen molar-refractivity contribution in [2.24, 2.45) is 5.92 Å². The van der Waals surface area contributed by atoms with Gasteiger partial charge in [-0.1, -0.05) is 6.92 Å². The van der Waals surface area contributed by atoms with Crippen LogP contribution in [-0.4, -0.2) is 25.2 Å². The predicted molar refractivity (Wildman–Crippen MR) is 50.0 cm³/mol. The quantitative estimate of drug-likeness (QED) is 0.497. The molecule has 0 heterocycles. The normalized spacial score (nSPS) is 11.9. The molecule has 0 saturated carbocycles. The van der Waals surface area contributed by atoms with Crippen molar-refractivity contribution in [3.63, 3.8) is 0 Å². The van der Waals surface area contributed by atoms with Crippen LogP contribution in [0.3, 0.4) is 0 Å². The lowest BCUT2D eigenvalue weighted by atomic mass is 10.1. The molecule has 0 aliphatic rings. The number of carbonyl (C=O) groups excluding carboxylic acids is 1. The standard InChI is InChI=1S/C8H14O3S/c1-6(4-7(9)10-2)5-8(12)11-3/h6H,4-5H2,1-3H3. The molecule has 0 N–H and O–H groups in total. The first-order valence-electron chi connectivity index (χ1n) is 3.73.